The van der Waals surface area contributed by atoms with Gasteiger partial charge >= 0.3 is 0 Å². The summed E-state index contributed by atoms with van der Waals surface area (Å²) in [7, 11) is 0. The molecule has 0 spiro atoms. The zero-order chi connectivity index (χ0) is 11.0. The Hall–Kier alpha value is -0.930. The average molecular weight is 232 g/mol. The minimum absolute atomic E-state index is 0.768. The number of aryl methyl sites for hydroxylation is 1. The Morgan fingerprint density at radius 2 is 2.25 bits per heavy atom. The maximum Gasteiger partial charge on any atom is 0.0969 e. The van der Waals surface area contributed by atoms with Gasteiger partial charge in [0, 0.05) is 5.92 Å². The van der Waals surface area contributed by atoms with Crippen LogP contribution >= 0.6 is 11.3 Å². The van der Waals surface area contributed by atoms with Crippen LogP contribution < -0.4 is 5.73 Å². The van der Waals surface area contributed by atoms with Crippen molar-refractivity contribution in [3.05, 3.63) is 28.8 Å². The molecule has 0 bridgehead atoms. The van der Waals surface area contributed by atoms with E-state index in [0.29, 0.717) is 0 Å². The van der Waals surface area contributed by atoms with Crippen LogP contribution in [-0.4, -0.2) is 11.5 Å². The Morgan fingerprint density at radius 3 is 3.00 bits per heavy atom. The number of hydrogen-bond acceptors (Lipinski definition) is 3. The summed E-state index contributed by atoms with van der Waals surface area (Å²) in [4.78, 5) is 4.69. The molecule has 0 saturated heterocycles. The van der Waals surface area contributed by atoms with Gasteiger partial charge in [0.05, 0.1) is 15.2 Å². The van der Waals surface area contributed by atoms with Crippen molar-refractivity contribution in [1.82, 2.24) is 4.98 Å². The van der Waals surface area contributed by atoms with E-state index in [-0.39, 0.29) is 0 Å². The average Bonchev–Trinajstić information content (AvgIpc) is 3.06. The monoisotopic (exact) mass is 232 g/mol. The lowest BCUT2D eigenvalue weighted by atomic mass is 10.1. The quantitative estimate of drug-likeness (QED) is 0.880. The molecule has 2 nitrogen and oxygen atoms in total. The lowest BCUT2D eigenvalue weighted by molar-refractivity contribution is 0.833. The summed E-state index contributed by atoms with van der Waals surface area (Å²) < 4.78 is 1.34. The third-order valence-electron chi connectivity index (χ3n) is 3.07. The molecule has 1 aromatic carbocycles. The Morgan fingerprint density at radius 1 is 1.38 bits per heavy atom. The second-order valence-electron chi connectivity index (χ2n) is 4.52. The molecule has 0 amide bonds. The van der Waals surface area contributed by atoms with Crippen LogP contribution in [0.5, 0.6) is 0 Å². The number of benzene rings is 1. The molecule has 1 aliphatic carbocycles. The molecular weight excluding hydrogens is 216 g/mol. The van der Waals surface area contributed by atoms with Gasteiger partial charge < -0.3 is 5.73 Å². The zero-order valence-corrected chi connectivity index (χ0v) is 10.1. The maximum atomic E-state index is 5.53. The second-order valence-corrected chi connectivity index (χ2v) is 5.58. The highest BCUT2D eigenvalue weighted by atomic mass is 32.1. The van der Waals surface area contributed by atoms with Gasteiger partial charge in [-0.3, -0.25) is 0 Å². The van der Waals surface area contributed by atoms with Gasteiger partial charge in [-0.1, -0.05) is 6.07 Å². The fourth-order valence-corrected chi connectivity index (χ4v) is 3.15. The van der Waals surface area contributed by atoms with Gasteiger partial charge in [-0.05, 0) is 49.9 Å². The summed E-state index contributed by atoms with van der Waals surface area (Å²) in [5.74, 6) is 0.768. The van der Waals surface area contributed by atoms with E-state index < -0.39 is 0 Å². The topological polar surface area (TPSA) is 38.9 Å². The van der Waals surface area contributed by atoms with E-state index in [1.807, 2.05) is 11.3 Å². The van der Waals surface area contributed by atoms with Gasteiger partial charge in [0.2, 0.25) is 0 Å². The van der Waals surface area contributed by atoms with Crippen molar-refractivity contribution >= 4 is 21.6 Å². The van der Waals surface area contributed by atoms with Gasteiger partial charge in [0.15, 0.2) is 0 Å². The predicted octanol–water partition coefficient (Wildman–Crippen LogP) is 3.07. The highest BCUT2D eigenvalue weighted by molar-refractivity contribution is 7.18. The molecule has 0 aliphatic heterocycles. The number of nitrogens with two attached hydrogens (primary N) is 1. The lowest BCUT2D eigenvalue weighted by Crippen LogP contribution is -1.99. The number of thiazole rings is 1. The minimum atomic E-state index is 0.768. The number of rotatable bonds is 4. The van der Waals surface area contributed by atoms with Gasteiger partial charge in [0.25, 0.3) is 0 Å². The highest BCUT2D eigenvalue weighted by Gasteiger charge is 2.26. The first-order valence-corrected chi connectivity index (χ1v) is 6.78. The first-order chi connectivity index (χ1) is 7.86. The van der Waals surface area contributed by atoms with Gasteiger partial charge in [-0.25, -0.2) is 4.98 Å². The van der Waals surface area contributed by atoms with Crippen LogP contribution in [0.4, 0.5) is 0 Å². The molecule has 0 atom stereocenters. The minimum Gasteiger partial charge on any atom is -0.330 e. The van der Waals surface area contributed by atoms with Gasteiger partial charge in [-0.15, -0.1) is 11.3 Å². The molecule has 3 rings (SSSR count). The van der Waals surface area contributed by atoms with Crippen LogP contribution in [-0.2, 0) is 6.42 Å². The zero-order valence-electron chi connectivity index (χ0n) is 9.28. The third-order valence-corrected chi connectivity index (χ3v) is 4.25. The van der Waals surface area contributed by atoms with Crippen molar-refractivity contribution < 1.29 is 0 Å². The molecule has 1 fully saturated rings. The molecule has 0 unspecified atom stereocenters. The number of hydrogen-bond donors (Lipinski definition) is 1. The normalized spacial score (nSPS) is 15.8. The summed E-state index contributed by atoms with van der Waals surface area (Å²) in [6, 6.07) is 6.63. The number of aromatic nitrogens is 1. The Labute approximate surface area is 99.5 Å². The van der Waals surface area contributed by atoms with E-state index >= 15 is 0 Å². The predicted molar refractivity (Wildman–Crippen MR) is 69.0 cm³/mol. The van der Waals surface area contributed by atoms with Gasteiger partial charge in [-0.2, -0.15) is 0 Å². The van der Waals surface area contributed by atoms with E-state index in [0.717, 1.165) is 25.3 Å². The summed E-state index contributed by atoms with van der Waals surface area (Å²) in [6.45, 7) is 0.772. The van der Waals surface area contributed by atoms with Crippen molar-refractivity contribution in [1.29, 1.82) is 0 Å². The fourth-order valence-electron chi connectivity index (χ4n) is 1.95. The molecular formula is C13H16N2S. The molecule has 1 aromatic heterocycles. The van der Waals surface area contributed by atoms with Crippen LogP contribution in [0.1, 0.15) is 35.8 Å². The van der Waals surface area contributed by atoms with E-state index in [2.05, 4.69) is 23.2 Å². The Kier molecular flexibility index (Phi) is 2.65. The summed E-state index contributed by atoms with van der Waals surface area (Å²) in [5.41, 5.74) is 8.09. The molecule has 1 saturated carbocycles. The van der Waals surface area contributed by atoms with Gasteiger partial charge in [0.1, 0.15) is 0 Å². The molecule has 2 aromatic rings. The largest absolute Gasteiger partial charge is 0.330 e. The van der Waals surface area contributed by atoms with Crippen molar-refractivity contribution in [3.63, 3.8) is 0 Å². The summed E-state index contributed by atoms with van der Waals surface area (Å²) in [5, 5.41) is 1.34. The SMILES string of the molecule is NCCCc1ccc2nc(C3CC3)sc2c1. The molecule has 3 heteroatoms. The van der Waals surface area contributed by atoms with Crippen LogP contribution in [0, 0.1) is 0 Å². The maximum absolute atomic E-state index is 5.53. The van der Waals surface area contributed by atoms with Crippen molar-refractivity contribution in [2.45, 2.75) is 31.6 Å². The first-order valence-electron chi connectivity index (χ1n) is 5.96. The van der Waals surface area contributed by atoms with Crippen molar-refractivity contribution in [3.8, 4) is 0 Å². The van der Waals surface area contributed by atoms with E-state index in [1.165, 1.54) is 33.6 Å². The highest BCUT2D eigenvalue weighted by Crippen LogP contribution is 2.43. The molecule has 1 heterocycles. The standard InChI is InChI=1S/C13H16N2S/c14-7-1-2-9-3-6-11-12(8-9)16-13(15-11)10-4-5-10/h3,6,8,10H,1-2,4-5,7,14H2. The third kappa shape index (κ3) is 1.97. The van der Waals surface area contributed by atoms with E-state index in [4.69, 9.17) is 5.73 Å². The number of nitrogens with zero attached hydrogens (tertiary/aromatic N) is 1. The molecule has 0 radical (unpaired) electrons. The lowest BCUT2D eigenvalue weighted by Gasteiger charge is -1.98. The smallest absolute Gasteiger partial charge is 0.0969 e. The second kappa shape index (κ2) is 4.15. The Bertz CT molecular complexity index is 500. The van der Waals surface area contributed by atoms with Crippen LogP contribution in [0.25, 0.3) is 10.2 Å². The molecule has 1 aliphatic rings. The van der Waals surface area contributed by atoms with Crippen LogP contribution in [0.15, 0.2) is 18.2 Å². The fraction of sp³-hybridized carbons (Fsp3) is 0.462. The van der Waals surface area contributed by atoms with Crippen LogP contribution in [0.3, 0.4) is 0 Å². The van der Waals surface area contributed by atoms with Crippen molar-refractivity contribution in [2.75, 3.05) is 6.54 Å². The van der Waals surface area contributed by atoms with Crippen molar-refractivity contribution in [2.24, 2.45) is 5.73 Å². The Balaban J connectivity index is 1.90. The molecule has 16 heavy (non-hydrogen) atoms. The summed E-state index contributed by atoms with van der Waals surface area (Å²) in [6.07, 6.45) is 4.82. The van der Waals surface area contributed by atoms with E-state index in [1.54, 1.807) is 0 Å². The summed E-state index contributed by atoms with van der Waals surface area (Å²) >= 11 is 1.87. The molecule has 2 N–H and O–H groups in total. The van der Waals surface area contributed by atoms with Crippen LogP contribution in [0.2, 0.25) is 0 Å². The number of fused-ring (bicyclic) bond motifs is 1. The molecule has 84 valence electrons. The van der Waals surface area contributed by atoms with E-state index in [9.17, 15) is 0 Å². The first kappa shape index (κ1) is 10.2.